The number of hydrogen-bond acceptors (Lipinski definition) is 6. The molecule has 1 aromatic rings. The molecule has 3 rings (SSSR count). The highest BCUT2D eigenvalue weighted by atomic mass is 16.5. The molecule has 2 aliphatic heterocycles. The Kier molecular flexibility index (Phi) is 5.51. The van der Waals surface area contributed by atoms with Gasteiger partial charge in [-0.25, -0.2) is 0 Å². The number of benzene rings is 1. The van der Waals surface area contributed by atoms with Crippen LogP contribution in [-0.4, -0.2) is 86.2 Å². The third-order valence-electron chi connectivity index (χ3n) is 5.06. The second-order valence-electron chi connectivity index (χ2n) is 7.50. The van der Waals surface area contributed by atoms with E-state index in [9.17, 15) is 9.59 Å². The highest BCUT2D eigenvalue weighted by Crippen LogP contribution is 2.37. The first-order valence-corrected chi connectivity index (χ1v) is 9.16. The predicted molar refractivity (Wildman–Crippen MR) is 105 cm³/mol. The van der Waals surface area contributed by atoms with Crippen molar-refractivity contribution >= 4 is 11.8 Å². The molecule has 1 unspecified atom stereocenters. The molecule has 0 N–H and O–H groups in total. The van der Waals surface area contributed by atoms with Gasteiger partial charge in [0.1, 0.15) is 17.5 Å². The van der Waals surface area contributed by atoms with Gasteiger partial charge in [0.25, 0.3) is 5.91 Å². The van der Waals surface area contributed by atoms with Crippen LogP contribution in [0.5, 0.6) is 11.5 Å². The molecule has 0 saturated carbocycles. The van der Waals surface area contributed by atoms with Crippen molar-refractivity contribution in [2.75, 3.05) is 42.4 Å². The Labute approximate surface area is 165 Å². The lowest BCUT2D eigenvalue weighted by atomic mass is 10.1. The van der Waals surface area contributed by atoms with E-state index in [1.807, 2.05) is 50.1 Å². The molecule has 0 radical (unpaired) electrons. The molecule has 28 heavy (non-hydrogen) atoms. The zero-order chi connectivity index (χ0) is 20.6. The molecule has 1 aromatic carbocycles. The third-order valence-corrected chi connectivity index (χ3v) is 5.06. The van der Waals surface area contributed by atoms with Crippen LogP contribution in [0.3, 0.4) is 0 Å². The maximum Gasteiger partial charge on any atom is 0.254 e. The summed E-state index contributed by atoms with van der Waals surface area (Å²) in [5.41, 5.74) is 1.53. The minimum Gasteiger partial charge on any atom is -0.497 e. The van der Waals surface area contributed by atoms with Crippen LogP contribution in [0.4, 0.5) is 0 Å². The van der Waals surface area contributed by atoms with Gasteiger partial charge in [0.2, 0.25) is 5.91 Å². The Balaban J connectivity index is 1.92. The number of rotatable bonds is 6. The number of ether oxygens (including phenoxy) is 2. The Morgan fingerprint density at radius 3 is 2.43 bits per heavy atom. The normalized spacial score (nSPS) is 23.0. The summed E-state index contributed by atoms with van der Waals surface area (Å²) in [4.78, 5) is 33.3. The van der Waals surface area contributed by atoms with Crippen molar-refractivity contribution in [1.29, 1.82) is 0 Å². The van der Waals surface area contributed by atoms with Crippen molar-refractivity contribution in [3.63, 3.8) is 0 Å². The summed E-state index contributed by atoms with van der Waals surface area (Å²) in [6, 6.07) is 5.06. The summed E-state index contributed by atoms with van der Waals surface area (Å²) in [7, 11) is 10.7. The molecule has 0 bridgehead atoms. The van der Waals surface area contributed by atoms with Gasteiger partial charge in [-0.2, -0.15) is 0 Å². The number of amides is 2. The summed E-state index contributed by atoms with van der Waals surface area (Å²) >= 11 is 0. The monoisotopic (exact) mass is 388 g/mol. The average Bonchev–Trinajstić information content (AvgIpc) is 3.10. The molecule has 2 saturated heterocycles. The molecule has 0 aromatic heterocycles. The number of nitrogens with zero attached hydrogens (tertiary/aromatic N) is 4. The lowest BCUT2D eigenvalue weighted by Crippen LogP contribution is -2.50. The fraction of sp³-hybridized carbons (Fsp3) is 0.500. The maximum atomic E-state index is 13.2. The lowest BCUT2D eigenvalue weighted by molar-refractivity contribution is -0.134. The average molecular weight is 388 g/mol. The quantitative estimate of drug-likeness (QED) is 0.676. The maximum absolute atomic E-state index is 13.2. The van der Waals surface area contributed by atoms with Gasteiger partial charge in [-0.1, -0.05) is 0 Å². The molecule has 2 fully saturated rings. The molecule has 2 aliphatic rings. The first kappa shape index (κ1) is 20.0. The Hall–Kier alpha value is -2.74. The molecule has 2 atom stereocenters. The van der Waals surface area contributed by atoms with E-state index in [0.29, 0.717) is 30.0 Å². The minimum atomic E-state index is -0.463. The first-order chi connectivity index (χ1) is 13.3. The summed E-state index contributed by atoms with van der Waals surface area (Å²) in [5.74, 6) is 1.20. The Morgan fingerprint density at radius 1 is 1.14 bits per heavy atom. The molecule has 2 heterocycles. The second-order valence-corrected chi connectivity index (χ2v) is 7.50. The van der Waals surface area contributed by atoms with E-state index in [1.165, 1.54) is 0 Å². The van der Waals surface area contributed by atoms with Crippen molar-refractivity contribution in [2.45, 2.75) is 25.3 Å². The molecule has 2 amide bonds. The van der Waals surface area contributed by atoms with Crippen LogP contribution in [0.1, 0.15) is 12.0 Å². The van der Waals surface area contributed by atoms with E-state index in [2.05, 4.69) is 0 Å². The number of fused-ring (bicyclic) bond motifs is 1. The number of hydrogen-bond donors (Lipinski definition) is 0. The minimum absolute atomic E-state index is 0.0490. The van der Waals surface area contributed by atoms with E-state index in [4.69, 9.17) is 9.47 Å². The van der Waals surface area contributed by atoms with E-state index in [1.54, 1.807) is 36.3 Å². The number of carbonyl (C=O) groups is 2. The molecule has 0 spiro atoms. The predicted octanol–water partition coefficient (Wildman–Crippen LogP) is 0.938. The van der Waals surface area contributed by atoms with Crippen molar-refractivity contribution in [1.82, 2.24) is 19.6 Å². The molecule has 0 aliphatic carbocycles. The van der Waals surface area contributed by atoms with Crippen LogP contribution < -0.4 is 9.47 Å². The molecule has 152 valence electrons. The molecular formula is C20H28N4O4. The van der Waals surface area contributed by atoms with Crippen LogP contribution in [0.25, 0.3) is 0 Å². The van der Waals surface area contributed by atoms with Crippen LogP contribution >= 0.6 is 0 Å². The van der Waals surface area contributed by atoms with Gasteiger partial charge in [-0.15, -0.1) is 0 Å². The highest BCUT2D eigenvalue weighted by molar-refractivity contribution is 6.03. The van der Waals surface area contributed by atoms with E-state index in [0.717, 1.165) is 5.56 Å². The Bertz CT molecular complexity index is 805. The zero-order valence-electron chi connectivity index (χ0n) is 17.3. The standard InChI is InChI=1S/C20H28N4O4/c1-21(2)11-14-9-16-19(26)23(20(22(3)4)24(16)18(14)25)12-13-7-8-15(27-5)10-17(13)28-6/h7-8,10-11,16,20H,9,12H2,1-6H3/b14-11+/t16-,20?/m0/s1. The van der Waals surface area contributed by atoms with Crippen LogP contribution in [0.2, 0.25) is 0 Å². The topological polar surface area (TPSA) is 65.6 Å². The van der Waals surface area contributed by atoms with Crippen molar-refractivity contribution < 1.29 is 19.1 Å². The number of carbonyl (C=O) groups excluding carboxylic acids is 2. The zero-order valence-corrected chi connectivity index (χ0v) is 17.3. The molecule has 8 heteroatoms. The summed E-state index contributed by atoms with van der Waals surface area (Å²) in [6.07, 6.45) is 1.79. The van der Waals surface area contributed by atoms with Gasteiger partial charge in [-0.05, 0) is 26.2 Å². The lowest BCUT2D eigenvalue weighted by Gasteiger charge is -2.34. The van der Waals surface area contributed by atoms with Crippen molar-refractivity contribution in [3.8, 4) is 11.5 Å². The SMILES string of the molecule is COc1ccc(CN2C(=O)[C@@H]3C/C(=C\N(C)C)C(=O)N3C2N(C)C)c(OC)c1. The molecular weight excluding hydrogens is 360 g/mol. The fourth-order valence-corrected chi connectivity index (χ4v) is 3.90. The highest BCUT2D eigenvalue weighted by Gasteiger charge is 2.54. The van der Waals surface area contributed by atoms with Crippen molar-refractivity contribution in [3.05, 3.63) is 35.5 Å². The van der Waals surface area contributed by atoms with Gasteiger partial charge in [-0.3, -0.25) is 19.4 Å². The van der Waals surface area contributed by atoms with Crippen LogP contribution in [0.15, 0.2) is 30.0 Å². The second kappa shape index (κ2) is 7.71. The Morgan fingerprint density at radius 2 is 1.86 bits per heavy atom. The van der Waals surface area contributed by atoms with Gasteiger partial charge in [0.05, 0.1) is 20.8 Å². The van der Waals surface area contributed by atoms with Crippen LogP contribution in [-0.2, 0) is 16.1 Å². The number of methoxy groups -OCH3 is 2. The summed E-state index contributed by atoms with van der Waals surface area (Å²) in [5, 5.41) is 0. The van der Waals surface area contributed by atoms with E-state index in [-0.39, 0.29) is 11.8 Å². The van der Waals surface area contributed by atoms with Gasteiger partial charge in [0.15, 0.2) is 6.29 Å². The largest absolute Gasteiger partial charge is 0.497 e. The van der Waals surface area contributed by atoms with Gasteiger partial charge >= 0.3 is 0 Å². The first-order valence-electron chi connectivity index (χ1n) is 9.16. The summed E-state index contributed by atoms with van der Waals surface area (Å²) < 4.78 is 10.7. The van der Waals surface area contributed by atoms with Crippen LogP contribution in [0, 0.1) is 0 Å². The van der Waals surface area contributed by atoms with Gasteiger partial charge < -0.3 is 19.3 Å². The van der Waals surface area contributed by atoms with Crippen molar-refractivity contribution in [2.24, 2.45) is 0 Å². The van der Waals surface area contributed by atoms with Gasteiger partial charge in [0, 0.05) is 43.9 Å². The smallest absolute Gasteiger partial charge is 0.254 e. The van der Waals surface area contributed by atoms with E-state index >= 15 is 0 Å². The van der Waals surface area contributed by atoms with E-state index < -0.39 is 12.3 Å². The molecule has 8 nitrogen and oxygen atoms in total. The fourth-order valence-electron chi connectivity index (χ4n) is 3.90. The summed E-state index contributed by atoms with van der Waals surface area (Å²) in [6.45, 7) is 0.349. The third kappa shape index (κ3) is 3.40.